The number of nitrogens with one attached hydrogen (secondary N) is 2. The molecule has 0 saturated carbocycles. The van der Waals surface area contributed by atoms with Gasteiger partial charge in [0.15, 0.2) is 5.11 Å². The summed E-state index contributed by atoms with van der Waals surface area (Å²) in [6.45, 7) is 4.09. The molecule has 3 nitrogen and oxygen atoms in total. The molecular weight excluding hydrogens is 146 g/mol. The van der Waals surface area contributed by atoms with E-state index in [0.29, 0.717) is 11.2 Å². The van der Waals surface area contributed by atoms with Crippen molar-refractivity contribution in [2.75, 3.05) is 14.1 Å². The topological polar surface area (TPSA) is 27.3 Å². The number of rotatable bonds is 2. The van der Waals surface area contributed by atoms with Gasteiger partial charge in [-0.3, -0.25) is 5.43 Å². The highest BCUT2D eigenvalue weighted by Gasteiger charge is 1.96. The second-order valence-corrected chi connectivity index (χ2v) is 3.04. The van der Waals surface area contributed by atoms with Crippen LogP contribution in [0.3, 0.4) is 0 Å². The van der Waals surface area contributed by atoms with Crippen molar-refractivity contribution in [3.63, 3.8) is 0 Å². The summed E-state index contributed by atoms with van der Waals surface area (Å²) in [5.41, 5.74) is 2.93. The van der Waals surface area contributed by atoms with Gasteiger partial charge in [-0.05, 0) is 26.1 Å². The highest BCUT2D eigenvalue weighted by Crippen LogP contribution is 1.76. The normalized spacial score (nSPS) is 10.2. The third-order valence-corrected chi connectivity index (χ3v) is 0.954. The van der Waals surface area contributed by atoms with Crippen molar-refractivity contribution in [2.24, 2.45) is 0 Å². The Bertz CT molecular complexity index is 99.6. The van der Waals surface area contributed by atoms with Crippen molar-refractivity contribution in [3.8, 4) is 0 Å². The second-order valence-electron chi connectivity index (χ2n) is 2.63. The van der Waals surface area contributed by atoms with Crippen molar-refractivity contribution in [2.45, 2.75) is 19.9 Å². The number of hydrazine groups is 1. The summed E-state index contributed by atoms with van der Waals surface area (Å²) in [6.07, 6.45) is 0. The molecule has 0 aliphatic rings. The van der Waals surface area contributed by atoms with Crippen molar-refractivity contribution >= 4 is 17.3 Å². The molecule has 4 heteroatoms. The minimum absolute atomic E-state index is 0.389. The quantitative estimate of drug-likeness (QED) is 0.451. The summed E-state index contributed by atoms with van der Waals surface area (Å²) in [5.74, 6) is 0. The van der Waals surface area contributed by atoms with Crippen LogP contribution in [-0.4, -0.2) is 30.3 Å². The Morgan fingerprint density at radius 1 is 1.40 bits per heavy atom. The van der Waals surface area contributed by atoms with E-state index >= 15 is 0 Å². The molecule has 0 amide bonds. The van der Waals surface area contributed by atoms with Crippen LogP contribution in [0.4, 0.5) is 0 Å². The molecule has 10 heavy (non-hydrogen) atoms. The van der Waals surface area contributed by atoms with E-state index < -0.39 is 0 Å². The predicted molar refractivity (Wildman–Crippen MR) is 47.7 cm³/mol. The molecule has 0 aliphatic heterocycles. The lowest BCUT2D eigenvalue weighted by Gasteiger charge is -2.17. The molecule has 0 aromatic heterocycles. The van der Waals surface area contributed by atoms with E-state index in [1.54, 1.807) is 5.01 Å². The first-order chi connectivity index (χ1) is 4.52. The van der Waals surface area contributed by atoms with E-state index in [1.807, 2.05) is 27.9 Å². The Morgan fingerprint density at radius 2 is 1.90 bits per heavy atom. The third-order valence-electron chi connectivity index (χ3n) is 0.745. The van der Waals surface area contributed by atoms with Crippen molar-refractivity contribution < 1.29 is 0 Å². The zero-order valence-electron chi connectivity index (χ0n) is 6.93. The minimum Gasteiger partial charge on any atom is -0.359 e. The lowest BCUT2D eigenvalue weighted by atomic mass is 10.4. The third kappa shape index (κ3) is 5.78. The van der Waals surface area contributed by atoms with Gasteiger partial charge in [-0.1, -0.05) is 0 Å². The van der Waals surface area contributed by atoms with Gasteiger partial charge in [-0.15, -0.1) is 0 Å². The SMILES string of the molecule is CC(C)NC(=S)NN(C)C. The molecule has 2 N–H and O–H groups in total. The van der Waals surface area contributed by atoms with Crippen LogP contribution in [0.15, 0.2) is 0 Å². The van der Waals surface area contributed by atoms with Gasteiger partial charge in [-0.2, -0.15) is 0 Å². The van der Waals surface area contributed by atoms with Gasteiger partial charge in [0.2, 0.25) is 0 Å². The highest BCUT2D eigenvalue weighted by molar-refractivity contribution is 7.80. The highest BCUT2D eigenvalue weighted by atomic mass is 32.1. The predicted octanol–water partition coefficient (Wildman–Crippen LogP) is 0.335. The molecule has 0 heterocycles. The zero-order valence-corrected chi connectivity index (χ0v) is 7.75. The molecule has 0 radical (unpaired) electrons. The molecule has 0 bridgehead atoms. The Kier molecular flexibility index (Phi) is 4.31. The molecule has 0 unspecified atom stereocenters. The average Bonchev–Trinajstić information content (AvgIpc) is 1.58. The fraction of sp³-hybridized carbons (Fsp3) is 0.833. The smallest absolute Gasteiger partial charge is 0.181 e. The van der Waals surface area contributed by atoms with E-state index in [9.17, 15) is 0 Å². The summed E-state index contributed by atoms with van der Waals surface area (Å²) < 4.78 is 0. The lowest BCUT2D eigenvalue weighted by Crippen LogP contribution is -2.45. The van der Waals surface area contributed by atoms with Crippen molar-refractivity contribution in [1.29, 1.82) is 0 Å². The van der Waals surface area contributed by atoms with Crippen LogP contribution in [0.25, 0.3) is 0 Å². The van der Waals surface area contributed by atoms with Gasteiger partial charge in [0, 0.05) is 20.1 Å². The molecule has 0 atom stereocenters. The van der Waals surface area contributed by atoms with Crippen LogP contribution in [0.1, 0.15) is 13.8 Å². The first-order valence-electron chi connectivity index (χ1n) is 3.27. The van der Waals surface area contributed by atoms with Gasteiger partial charge in [0.05, 0.1) is 0 Å². The molecule has 0 spiro atoms. The molecule has 60 valence electrons. The summed E-state index contributed by atoms with van der Waals surface area (Å²) >= 11 is 4.94. The molecule has 0 aliphatic carbocycles. The van der Waals surface area contributed by atoms with E-state index in [-0.39, 0.29) is 0 Å². The molecular formula is C6H15N3S. The molecule has 0 rings (SSSR count). The van der Waals surface area contributed by atoms with E-state index in [2.05, 4.69) is 10.7 Å². The lowest BCUT2D eigenvalue weighted by molar-refractivity contribution is 0.358. The molecule has 0 aromatic carbocycles. The molecule has 0 fully saturated rings. The number of hydrogen-bond acceptors (Lipinski definition) is 2. The Labute approximate surface area is 67.8 Å². The van der Waals surface area contributed by atoms with E-state index in [1.165, 1.54) is 0 Å². The van der Waals surface area contributed by atoms with Gasteiger partial charge in [0.1, 0.15) is 0 Å². The summed E-state index contributed by atoms with van der Waals surface area (Å²) in [4.78, 5) is 0. The Hall–Kier alpha value is -0.350. The maximum atomic E-state index is 4.94. The van der Waals surface area contributed by atoms with Crippen LogP contribution in [0.2, 0.25) is 0 Å². The largest absolute Gasteiger partial charge is 0.359 e. The number of thiocarbonyl (C=S) groups is 1. The maximum Gasteiger partial charge on any atom is 0.181 e. The van der Waals surface area contributed by atoms with Gasteiger partial charge >= 0.3 is 0 Å². The van der Waals surface area contributed by atoms with Crippen molar-refractivity contribution in [3.05, 3.63) is 0 Å². The fourth-order valence-corrected chi connectivity index (χ4v) is 0.916. The second kappa shape index (κ2) is 4.46. The fourth-order valence-electron chi connectivity index (χ4n) is 0.498. The summed E-state index contributed by atoms with van der Waals surface area (Å²) in [7, 11) is 3.79. The maximum absolute atomic E-state index is 4.94. The van der Waals surface area contributed by atoms with Crippen LogP contribution in [0, 0.1) is 0 Å². The summed E-state index contributed by atoms with van der Waals surface area (Å²) in [5, 5.41) is 5.52. The first kappa shape index (κ1) is 9.65. The van der Waals surface area contributed by atoms with E-state index in [0.717, 1.165) is 0 Å². The standard InChI is InChI=1S/C6H15N3S/c1-5(2)7-6(10)8-9(3)4/h5H,1-4H3,(H2,7,8,10). The van der Waals surface area contributed by atoms with E-state index in [4.69, 9.17) is 12.2 Å². The summed E-state index contributed by atoms with van der Waals surface area (Å²) in [6, 6.07) is 0.389. The Morgan fingerprint density at radius 3 is 2.20 bits per heavy atom. The van der Waals surface area contributed by atoms with Crippen LogP contribution in [-0.2, 0) is 0 Å². The minimum atomic E-state index is 0.389. The van der Waals surface area contributed by atoms with Crippen molar-refractivity contribution in [1.82, 2.24) is 15.8 Å². The number of hydrogen-bond donors (Lipinski definition) is 2. The van der Waals surface area contributed by atoms with Crippen LogP contribution < -0.4 is 10.7 Å². The monoisotopic (exact) mass is 161 g/mol. The molecule has 0 aromatic rings. The zero-order chi connectivity index (χ0) is 8.15. The first-order valence-corrected chi connectivity index (χ1v) is 3.67. The average molecular weight is 161 g/mol. The van der Waals surface area contributed by atoms with Gasteiger partial charge < -0.3 is 5.32 Å². The van der Waals surface area contributed by atoms with Gasteiger partial charge in [0.25, 0.3) is 0 Å². The van der Waals surface area contributed by atoms with Crippen LogP contribution >= 0.6 is 12.2 Å². The molecule has 0 saturated heterocycles. The number of nitrogens with zero attached hydrogens (tertiary/aromatic N) is 1. The Balaban J connectivity index is 3.44. The van der Waals surface area contributed by atoms with Gasteiger partial charge in [-0.25, -0.2) is 5.01 Å². The van der Waals surface area contributed by atoms with Crippen LogP contribution in [0.5, 0.6) is 0 Å².